The molecule has 0 bridgehead atoms. The average Bonchev–Trinajstić information content (AvgIpc) is 2.28. The van der Waals surface area contributed by atoms with Gasteiger partial charge in [0, 0.05) is 25.5 Å². The van der Waals surface area contributed by atoms with Gasteiger partial charge in [-0.2, -0.15) is 0 Å². The van der Waals surface area contributed by atoms with E-state index in [-0.39, 0.29) is 5.91 Å². The summed E-state index contributed by atoms with van der Waals surface area (Å²) >= 11 is 1.57. The molecule has 0 heterocycles. The summed E-state index contributed by atoms with van der Waals surface area (Å²) in [6.07, 6.45) is 4.98. The van der Waals surface area contributed by atoms with E-state index in [1.807, 2.05) is 0 Å². The van der Waals surface area contributed by atoms with Gasteiger partial charge in [0.1, 0.15) is 0 Å². The van der Waals surface area contributed by atoms with Crippen molar-refractivity contribution in [1.29, 1.82) is 0 Å². The number of nitrogens with one attached hydrogen (secondary N) is 1. The number of hydrogen-bond donors (Lipinski definition) is 1. The molecular formula is C12H23NO2S. The van der Waals surface area contributed by atoms with Crippen LogP contribution in [0.25, 0.3) is 0 Å². The van der Waals surface area contributed by atoms with Crippen molar-refractivity contribution in [3.63, 3.8) is 0 Å². The van der Waals surface area contributed by atoms with Gasteiger partial charge >= 0.3 is 0 Å². The van der Waals surface area contributed by atoms with Crippen molar-refractivity contribution in [2.24, 2.45) is 0 Å². The molecule has 94 valence electrons. The molecule has 0 aliphatic rings. The van der Waals surface area contributed by atoms with E-state index in [0.29, 0.717) is 12.3 Å². The SMILES string of the molecule is C=CCSCC(=O)NCCCOCCCC. The van der Waals surface area contributed by atoms with Crippen LogP contribution in [0.1, 0.15) is 26.2 Å². The first-order valence-corrected chi connectivity index (χ1v) is 6.99. The molecule has 0 saturated heterocycles. The molecule has 0 fully saturated rings. The van der Waals surface area contributed by atoms with Gasteiger partial charge < -0.3 is 10.1 Å². The smallest absolute Gasteiger partial charge is 0.230 e. The van der Waals surface area contributed by atoms with Gasteiger partial charge in [0.2, 0.25) is 5.91 Å². The van der Waals surface area contributed by atoms with E-state index in [0.717, 1.165) is 38.2 Å². The van der Waals surface area contributed by atoms with Crippen LogP contribution in [0.3, 0.4) is 0 Å². The summed E-state index contributed by atoms with van der Waals surface area (Å²) in [4.78, 5) is 11.2. The van der Waals surface area contributed by atoms with Crippen molar-refractivity contribution >= 4 is 17.7 Å². The largest absolute Gasteiger partial charge is 0.381 e. The molecule has 0 spiro atoms. The van der Waals surface area contributed by atoms with Gasteiger partial charge in [0.25, 0.3) is 0 Å². The Morgan fingerprint density at radius 2 is 2.19 bits per heavy atom. The summed E-state index contributed by atoms with van der Waals surface area (Å²) in [7, 11) is 0. The normalized spacial score (nSPS) is 10.1. The number of carbonyl (C=O) groups excluding carboxylic acids is 1. The molecule has 0 saturated carbocycles. The second-order valence-corrected chi connectivity index (χ2v) is 4.50. The van der Waals surface area contributed by atoms with Gasteiger partial charge in [-0.25, -0.2) is 0 Å². The molecule has 0 aromatic heterocycles. The number of ether oxygens (including phenoxy) is 1. The van der Waals surface area contributed by atoms with Gasteiger partial charge in [0.05, 0.1) is 5.75 Å². The molecule has 3 nitrogen and oxygen atoms in total. The average molecular weight is 245 g/mol. The van der Waals surface area contributed by atoms with Crippen LogP contribution in [0, 0.1) is 0 Å². The fraction of sp³-hybridized carbons (Fsp3) is 0.750. The van der Waals surface area contributed by atoms with E-state index in [9.17, 15) is 4.79 Å². The van der Waals surface area contributed by atoms with E-state index in [1.54, 1.807) is 17.8 Å². The van der Waals surface area contributed by atoms with E-state index in [2.05, 4.69) is 18.8 Å². The Labute approximate surface area is 103 Å². The predicted octanol–water partition coefficient (Wildman–Crippen LogP) is 2.23. The number of unbranched alkanes of at least 4 members (excludes halogenated alkanes) is 1. The van der Waals surface area contributed by atoms with Crippen molar-refractivity contribution in [2.75, 3.05) is 31.3 Å². The highest BCUT2D eigenvalue weighted by Crippen LogP contribution is 1.98. The molecule has 1 amide bonds. The maximum absolute atomic E-state index is 11.2. The van der Waals surface area contributed by atoms with E-state index < -0.39 is 0 Å². The van der Waals surface area contributed by atoms with Crippen molar-refractivity contribution < 1.29 is 9.53 Å². The Morgan fingerprint density at radius 3 is 2.88 bits per heavy atom. The Hall–Kier alpha value is -0.480. The lowest BCUT2D eigenvalue weighted by Crippen LogP contribution is -2.27. The summed E-state index contributed by atoms with van der Waals surface area (Å²) in [5.41, 5.74) is 0. The zero-order valence-electron chi connectivity index (χ0n) is 10.2. The first-order valence-electron chi connectivity index (χ1n) is 5.84. The van der Waals surface area contributed by atoms with Crippen LogP contribution < -0.4 is 5.32 Å². The molecule has 0 aromatic carbocycles. The van der Waals surface area contributed by atoms with Gasteiger partial charge in [-0.15, -0.1) is 18.3 Å². The van der Waals surface area contributed by atoms with Crippen molar-refractivity contribution in [3.05, 3.63) is 12.7 Å². The van der Waals surface area contributed by atoms with Crippen LogP contribution in [0.2, 0.25) is 0 Å². The quantitative estimate of drug-likeness (QED) is 0.448. The number of hydrogen-bond acceptors (Lipinski definition) is 3. The lowest BCUT2D eigenvalue weighted by Gasteiger charge is -2.05. The Balaban J connectivity index is 3.12. The number of carbonyl (C=O) groups is 1. The van der Waals surface area contributed by atoms with Gasteiger partial charge in [-0.05, 0) is 12.8 Å². The van der Waals surface area contributed by atoms with Crippen LogP contribution in [0.4, 0.5) is 0 Å². The number of thioether (sulfide) groups is 1. The highest BCUT2D eigenvalue weighted by Gasteiger charge is 1.99. The summed E-state index contributed by atoms with van der Waals surface area (Å²) in [5, 5.41) is 2.86. The molecule has 16 heavy (non-hydrogen) atoms. The summed E-state index contributed by atoms with van der Waals surface area (Å²) < 4.78 is 5.38. The molecule has 0 atom stereocenters. The lowest BCUT2D eigenvalue weighted by molar-refractivity contribution is -0.118. The Kier molecular flexibility index (Phi) is 12.2. The molecule has 4 heteroatoms. The molecular weight excluding hydrogens is 222 g/mol. The zero-order chi connectivity index (χ0) is 12.1. The predicted molar refractivity (Wildman–Crippen MR) is 70.9 cm³/mol. The highest BCUT2D eigenvalue weighted by atomic mass is 32.2. The molecule has 0 unspecified atom stereocenters. The van der Waals surface area contributed by atoms with Crippen LogP contribution in [0.15, 0.2) is 12.7 Å². The van der Waals surface area contributed by atoms with E-state index >= 15 is 0 Å². The van der Waals surface area contributed by atoms with E-state index in [4.69, 9.17) is 4.74 Å². The molecule has 0 rings (SSSR count). The number of rotatable bonds is 11. The summed E-state index contributed by atoms with van der Waals surface area (Å²) in [6, 6.07) is 0. The van der Waals surface area contributed by atoms with Crippen LogP contribution in [-0.4, -0.2) is 37.2 Å². The first-order chi connectivity index (χ1) is 7.81. The maximum Gasteiger partial charge on any atom is 0.230 e. The van der Waals surface area contributed by atoms with Crippen molar-refractivity contribution in [1.82, 2.24) is 5.32 Å². The van der Waals surface area contributed by atoms with Crippen molar-refractivity contribution in [2.45, 2.75) is 26.2 Å². The fourth-order valence-corrected chi connectivity index (χ4v) is 1.61. The van der Waals surface area contributed by atoms with Crippen LogP contribution in [0.5, 0.6) is 0 Å². The van der Waals surface area contributed by atoms with Gasteiger partial charge in [0.15, 0.2) is 0 Å². The summed E-state index contributed by atoms with van der Waals surface area (Å²) in [6.45, 7) is 8.02. The maximum atomic E-state index is 11.2. The second-order valence-electron chi connectivity index (χ2n) is 3.47. The van der Waals surface area contributed by atoms with Crippen LogP contribution >= 0.6 is 11.8 Å². The Bertz CT molecular complexity index is 186. The summed E-state index contributed by atoms with van der Waals surface area (Å²) in [5.74, 6) is 1.44. The minimum Gasteiger partial charge on any atom is -0.381 e. The topological polar surface area (TPSA) is 38.3 Å². The molecule has 0 radical (unpaired) electrons. The third-order valence-corrected chi connectivity index (χ3v) is 2.84. The molecule has 0 aliphatic heterocycles. The van der Waals surface area contributed by atoms with Crippen LogP contribution in [-0.2, 0) is 9.53 Å². The van der Waals surface area contributed by atoms with Gasteiger partial charge in [-0.1, -0.05) is 19.4 Å². The molecule has 1 N–H and O–H groups in total. The van der Waals surface area contributed by atoms with Gasteiger partial charge in [-0.3, -0.25) is 4.79 Å². The third kappa shape index (κ3) is 11.6. The molecule has 0 aromatic rings. The van der Waals surface area contributed by atoms with E-state index in [1.165, 1.54) is 0 Å². The minimum absolute atomic E-state index is 0.0976. The monoisotopic (exact) mass is 245 g/mol. The zero-order valence-corrected chi connectivity index (χ0v) is 11.0. The first kappa shape index (κ1) is 15.5. The minimum atomic E-state index is 0.0976. The molecule has 0 aliphatic carbocycles. The highest BCUT2D eigenvalue weighted by molar-refractivity contribution is 8.00. The Morgan fingerprint density at radius 1 is 1.44 bits per heavy atom. The lowest BCUT2D eigenvalue weighted by atomic mass is 10.4. The number of amides is 1. The second kappa shape index (κ2) is 12.6. The standard InChI is InChI=1S/C12H23NO2S/c1-3-5-8-15-9-6-7-13-12(14)11-16-10-4-2/h4H,2-3,5-11H2,1H3,(H,13,14). The fourth-order valence-electron chi connectivity index (χ4n) is 1.04. The third-order valence-electron chi connectivity index (χ3n) is 1.90. The van der Waals surface area contributed by atoms with Crippen molar-refractivity contribution in [3.8, 4) is 0 Å².